The van der Waals surface area contributed by atoms with E-state index < -0.39 is 5.60 Å². The minimum absolute atomic E-state index is 0.501. The lowest BCUT2D eigenvalue weighted by molar-refractivity contribution is 0.0241. The van der Waals surface area contributed by atoms with Gasteiger partial charge < -0.3 is 5.11 Å². The Labute approximate surface area is 76.8 Å². The summed E-state index contributed by atoms with van der Waals surface area (Å²) >= 11 is 5.83. The summed E-state index contributed by atoms with van der Waals surface area (Å²) in [5, 5.41) is 17.0. The SMILES string of the molecule is CCC(O)(CC)c1[nH]ncc1Cl. The first kappa shape index (κ1) is 9.55. The van der Waals surface area contributed by atoms with Crippen molar-refractivity contribution in [2.45, 2.75) is 32.3 Å². The maximum Gasteiger partial charge on any atom is 0.107 e. The Hall–Kier alpha value is -0.540. The Kier molecular flexibility index (Phi) is 2.75. The van der Waals surface area contributed by atoms with Gasteiger partial charge in [0.05, 0.1) is 16.9 Å². The maximum absolute atomic E-state index is 10.0. The van der Waals surface area contributed by atoms with Crippen molar-refractivity contribution in [3.63, 3.8) is 0 Å². The molecule has 1 aromatic heterocycles. The summed E-state index contributed by atoms with van der Waals surface area (Å²) in [6.07, 6.45) is 2.77. The van der Waals surface area contributed by atoms with Crippen molar-refractivity contribution >= 4 is 11.6 Å². The fourth-order valence-corrected chi connectivity index (χ4v) is 1.47. The van der Waals surface area contributed by atoms with E-state index in [9.17, 15) is 5.11 Å². The van der Waals surface area contributed by atoms with Crippen molar-refractivity contribution in [3.8, 4) is 0 Å². The van der Waals surface area contributed by atoms with Gasteiger partial charge in [-0.15, -0.1) is 0 Å². The highest BCUT2D eigenvalue weighted by atomic mass is 35.5. The predicted molar refractivity (Wildman–Crippen MR) is 48.1 cm³/mol. The molecule has 0 aliphatic heterocycles. The largest absolute Gasteiger partial charge is 0.384 e. The van der Waals surface area contributed by atoms with Crippen LogP contribution in [0.2, 0.25) is 5.02 Å². The monoisotopic (exact) mass is 188 g/mol. The van der Waals surface area contributed by atoms with E-state index in [0.717, 1.165) is 0 Å². The predicted octanol–water partition coefficient (Wildman–Crippen LogP) is 2.07. The minimum Gasteiger partial charge on any atom is -0.384 e. The second kappa shape index (κ2) is 3.46. The summed E-state index contributed by atoms with van der Waals surface area (Å²) < 4.78 is 0. The van der Waals surface area contributed by atoms with Crippen LogP contribution >= 0.6 is 11.6 Å². The number of aliphatic hydroxyl groups is 1. The summed E-state index contributed by atoms with van der Waals surface area (Å²) in [5.41, 5.74) is -0.234. The molecule has 1 rings (SSSR count). The first-order valence-electron chi connectivity index (χ1n) is 4.05. The minimum atomic E-state index is -0.854. The molecule has 0 saturated carbocycles. The van der Waals surface area contributed by atoms with Gasteiger partial charge in [0.1, 0.15) is 5.60 Å². The molecule has 1 aromatic rings. The van der Waals surface area contributed by atoms with Gasteiger partial charge in [-0.05, 0) is 12.8 Å². The standard InChI is InChI=1S/C8H13ClN2O/c1-3-8(12,4-2)7-6(9)5-10-11-7/h5,12H,3-4H2,1-2H3,(H,10,11). The quantitative estimate of drug-likeness (QED) is 0.763. The lowest BCUT2D eigenvalue weighted by atomic mass is 9.94. The highest BCUT2D eigenvalue weighted by molar-refractivity contribution is 6.31. The average Bonchev–Trinajstić information content (AvgIpc) is 2.51. The van der Waals surface area contributed by atoms with Gasteiger partial charge in [0.25, 0.3) is 0 Å². The summed E-state index contributed by atoms with van der Waals surface area (Å²) in [6.45, 7) is 3.83. The first-order chi connectivity index (χ1) is 5.64. The van der Waals surface area contributed by atoms with Crippen LogP contribution in [0, 0.1) is 0 Å². The molecule has 0 unspecified atom stereocenters. The van der Waals surface area contributed by atoms with Gasteiger partial charge in [0.2, 0.25) is 0 Å². The molecule has 0 radical (unpaired) electrons. The third-order valence-corrected chi connectivity index (χ3v) is 2.51. The van der Waals surface area contributed by atoms with Crippen LogP contribution in [0.4, 0.5) is 0 Å². The van der Waals surface area contributed by atoms with Crippen LogP contribution in [0.15, 0.2) is 6.20 Å². The van der Waals surface area contributed by atoms with Crippen LogP contribution in [-0.2, 0) is 5.60 Å². The second-order valence-corrected chi connectivity index (χ2v) is 3.24. The molecule has 4 heteroatoms. The first-order valence-corrected chi connectivity index (χ1v) is 4.43. The average molecular weight is 189 g/mol. The zero-order valence-electron chi connectivity index (χ0n) is 7.26. The molecule has 0 aliphatic carbocycles. The zero-order valence-corrected chi connectivity index (χ0v) is 8.02. The van der Waals surface area contributed by atoms with E-state index in [0.29, 0.717) is 23.6 Å². The Morgan fingerprint density at radius 2 is 2.17 bits per heavy atom. The Balaban J connectivity index is 3.02. The smallest absolute Gasteiger partial charge is 0.107 e. The van der Waals surface area contributed by atoms with E-state index in [4.69, 9.17) is 11.6 Å². The molecule has 2 N–H and O–H groups in total. The van der Waals surface area contributed by atoms with Crippen molar-refractivity contribution in [1.82, 2.24) is 10.2 Å². The van der Waals surface area contributed by atoms with Gasteiger partial charge >= 0.3 is 0 Å². The Bertz CT molecular complexity index is 255. The Morgan fingerprint density at radius 1 is 1.58 bits per heavy atom. The van der Waals surface area contributed by atoms with Crippen molar-refractivity contribution in [2.75, 3.05) is 0 Å². The molecule has 0 bridgehead atoms. The third kappa shape index (κ3) is 1.47. The molecule has 12 heavy (non-hydrogen) atoms. The van der Waals surface area contributed by atoms with E-state index in [1.165, 1.54) is 6.20 Å². The molecule has 0 aliphatic rings. The van der Waals surface area contributed by atoms with Crippen LogP contribution in [-0.4, -0.2) is 15.3 Å². The number of nitrogens with one attached hydrogen (secondary N) is 1. The molecule has 0 saturated heterocycles. The summed E-state index contributed by atoms with van der Waals surface area (Å²) in [6, 6.07) is 0. The molecule has 3 nitrogen and oxygen atoms in total. The van der Waals surface area contributed by atoms with Crippen LogP contribution in [0.1, 0.15) is 32.4 Å². The number of rotatable bonds is 3. The third-order valence-electron chi connectivity index (χ3n) is 2.23. The highest BCUT2D eigenvalue weighted by Gasteiger charge is 2.28. The lowest BCUT2D eigenvalue weighted by Gasteiger charge is -2.23. The van der Waals surface area contributed by atoms with E-state index >= 15 is 0 Å². The van der Waals surface area contributed by atoms with Gasteiger partial charge in [-0.1, -0.05) is 25.4 Å². The molecule has 0 aromatic carbocycles. The summed E-state index contributed by atoms with van der Waals surface area (Å²) in [5.74, 6) is 0. The van der Waals surface area contributed by atoms with Crippen LogP contribution < -0.4 is 0 Å². The Morgan fingerprint density at radius 3 is 2.50 bits per heavy atom. The molecule has 0 spiro atoms. The number of aromatic amines is 1. The second-order valence-electron chi connectivity index (χ2n) is 2.83. The van der Waals surface area contributed by atoms with Gasteiger partial charge in [-0.3, -0.25) is 5.10 Å². The van der Waals surface area contributed by atoms with Crippen molar-refractivity contribution in [1.29, 1.82) is 0 Å². The number of hydrogen-bond acceptors (Lipinski definition) is 2. The summed E-state index contributed by atoms with van der Waals surface area (Å²) in [7, 11) is 0. The molecule has 68 valence electrons. The fourth-order valence-electron chi connectivity index (χ4n) is 1.20. The maximum atomic E-state index is 10.0. The van der Waals surface area contributed by atoms with Crippen molar-refractivity contribution in [3.05, 3.63) is 16.9 Å². The van der Waals surface area contributed by atoms with E-state index in [-0.39, 0.29) is 0 Å². The summed E-state index contributed by atoms with van der Waals surface area (Å²) in [4.78, 5) is 0. The van der Waals surface area contributed by atoms with Crippen LogP contribution in [0.25, 0.3) is 0 Å². The normalized spacial score (nSPS) is 12.0. The lowest BCUT2D eigenvalue weighted by Crippen LogP contribution is -2.24. The molecule has 0 amide bonds. The fraction of sp³-hybridized carbons (Fsp3) is 0.625. The molecular formula is C8H13ClN2O. The number of halogens is 1. The number of hydrogen-bond donors (Lipinski definition) is 2. The van der Waals surface area contributed by atoms with Gasteiger partial charge in [-0.25, -0.2) is 0 Å². The number of H-pyrrole nitrogens is 1. The molecular weight excluding hydrogens is 176 g/mol. The topological polar surface area (TPSA) is 48.9 Å². The van der Waals surface area contributed by atoms with Crippen LogP contribution in [0.5, 0.6) is 0 Å². The van der Waals surface area contributed by atoms with E-state index in [2.05, 4.69) is 10.2 Å². The molecule has 0 fully saturated rings. The van der Waals surface area contributed by atoms with E-state index in [1.807, 2.05) is 13.8 Å². The zero-order chi connectivity index (χ0) is 9.19. The van der Waals surface area contributed by atoms with Crippen molar-refractivity contribution in [2.24, 2.45) is 0 Å². The van der Waals surface area contributed by atoms with E-state index in [1.54, 1.807) is 0 Å². The van der Waals surface area contributed by atoms with Crippen LogP contribution in [0.3, 0.4) is 0 Å². The van der Waals surface area contributed by atoms with Gasteiger partial charge in [0, 0.05) is 0 Å². The van der Waals surface area contributed by atoms with Gasteiger partial charge in [0.15, 0.2) is 0 Å². The van der Waals surface area contributed by atoms with Gasteiger partial charge in [-0.2, -0.15) is 5.10 Å². The van der Waals surface area contributed by atoms with Crippen molar-refractivity contribution < 1.29 is 5.11 Å². The number of nitrogens with zero attached hydrogens (tertiary/aromatic N) is 1. The highest BCUT2D eigenvalue weighted by Crippen LogP contribution is 2.31. The molecule has 0 atom stereocenters. The number of aromatic nitrogens is 2. The molecule has 1 heterocycles.